The van der Waals surface area contributed by atoms with E-state index < -0.39 is 4.92 Å². The average molecular weight is 382 g/mol. The fraction of sp³-hybridized carbons (Fsp3) is 0.353. The number of hydrogen-bond acceptors (Lipinski definition) is 7. The molecule has 1 fully saturated rings. The van der Waals surface area contributed by atoms with Crippen LogP contribution >= 0.6 is 0 Å². The SMILES string of the molecule is Cc1nn(CC(=O)Nc2cccc(-c3nnnn3C3CC3)c2)c(C)c1[N+](=O)[O-]. The maximum Gasteiger partial charge on any atom is 0.312 e. The number of benzene rings is 1. The predicted octanol–water partition coefficient (Wildman–Crippen LogP) is 2.04. The standard InChI is InChI=1S/C17H18N8O3/c1-10-16(25(27)28)11(2)23(20-10)9-15(26)18-13-5-3-4-12(8-13)17-19-21-22-24(17)14-6-7-14/h3-5,8,14H,6-7,9H2,1-2H3,(H,18,26). The molecule has 0 bridgehead atoms. The molecular formula is C17H18N8O3. The van der Waals surface area contributed by atoms with Gasteiger partial charge in [0.1, 0.15) is 17.9 Å². The molecule has 1 N–H and O–H groups in total. The molecule has 28 heavy (non-hydrogen) atoms. The number of nitrogens with one attached hydrogen (secondary N) is 1. The normalized spacial score (nSPS) is 13.5. The Morgan fingerprint density at radius 2 is 2.14 bits per heavy atom. The van der Waals surface area contributed by atoms with Crippen molar-refractivity contribution in [3.8, 4) is 11.4 Å². The number of carbonyl (C=O) groups excluding carboxylic acids is 1. The highest BCUT2D eigenvalue weighted by Gasteiger charge is 2.28. The van der Waals surface area contributed by atoms with E-state index in [4.69, 9.17) is 0 Å². The minimum absolute atomic E-state index is 0.0679. The number of amides is 1. The van der Waals surface area contributed by atoms with E-state index in [-0.39, 0.29) is 23.8 Å². The van der Waals surface area contributed by atoms with Crippen LogP contribution in [0.25, 0.3) is 11.4 Å². The van der Waals surface area contributed by atoms with Crippen LogP contribution in [0, 0.1) is 24.0 Å². The summed E-state index contributed by atoms with van der Waals surface area (Å²) in [4.78, 5) is 23.0. The lowest BCUT2D eigenvalue weighted by molar-refractivity contribution is -0.386. The lowest BCUT2D eigenvalue weighted by Crippen LogP contribution is -2.20. The number of anilines is 1. The predicted molar refractivity (Wildman–Crippen MR) is 98.5 cm³/mol. The van der Waals surface area contributed by atoms with Gasteiger partial charge in [-0.2, -0.15) is 5.10 Å². The number of hydrogen-bond donors (Lipinski definition) is 1. The molecule has 1 aliphatic rings. The largest absolute Gasteiger partial charge is 0.324 e. The Morgan fingerprint density at radius 3 is 2.82 bits per heavy atom. The van der Waals surface area contributed by atoms with Gasteiger partial charge in [-0.15, -0.1) is 5.10 Å². The molecule has 0 radical (unpaired) electrons. The molecule has 0 saturated heterocycles. The minimum Gasteiger partial charge on any atom is -0.324 e. The maximum absolute atomic E-state index is 12.4. The smallest absolute Gasteiger partial charge is 0.312 e. The summed E-state index contributed by atoms with van der Waals surface area (Å²) in [7, 11) is 0. The second-order valence-corrected chi connectivity index (χ2v) is 6.74. The van der Waals surface area contributed by atoms with Gasteiger partial charge in [0, 0.05) is 11.3 Å². The Kier molecular flexibility index (Phi) is 4.34. The average Bonchev–Trinajstić information content (AvgIpc) is 3.29. The summed E-state index contributed by atoms with van der Waals surface area (Å²) >= 11 is 0. The maximum atomic E-state index is 12.4. The second-order valence-electron chi connectivity index (χ2n) is 6.74. The molecule has 3 aromatic rings. The van der Waals surface area contributed by atoms with Crippen LogP contribution in [0.1, 0.15) is 30.3 Å². The zero-order valence-corrected chi connectivity index (χ0v) is 15.4. The summed E-state index contributed by atoms with van der Waals surface area (Å²) < 4.78 is 3.14. The fourth-order valence-electron chi connectivity index (χ4n) is 3.13. The number of rotatable bonds is 6. The molecule has 0 unspecified atom stereocenters. The van der Waals surface area contributed by atoms with Crippen molar-refractivity contribution in [2.75, 3.05) is 5.32 Å². The topological polar surface area (TPSA) is 134 Å². The van der Waals surface area contributed by atoms with Crippen LogP contribution in [-0.4, -0.2) is 40.8 Å². The van der Waals surface area contributed by atoms with Crippen LogP contribution < -0.4 is 5.32 Å². The molecule has 11 heteroatoms. The van der Waals surface area contributed by atoms with Crippen LogP contribution in [0.2, 0.25) is 0 Å². The molecule has 1 amide bonds. The van der Waals surface area contributed by atoms with Crippen molar-refractivity contribution in [3.63, 3.8) is 0 Å². The number of carbonyl (C=O) groups is 1. The van der Waals surface area contributed by atoms with Gasteiger partial charge in [0.15, 0.2) is 5.82 Å². The van der Waals surface area contributed by atoms with E-state index in [0.717, 1.165) is 18.4 Å². The zero-order chi connectivity index (χ0) is 19.8. The van der Waals surface area contributed by atoms with Crippen LogP contribution in [0.4, 0.5) is 11.4 Å². The van der Waals surface area contributed by atoms with Crippen molar-refractivity contribution in [2.24, 2.45) is 0 Å². The van der Waals surface area contributed by atoms with Gasteiger partial charge < -0.3 is 5.32 Å². The van der Waals surface area contributed by atoms with Gasteiger partial charge in [-0.3, -0.25) is 19.6 Å². The van der Waals surface area contributed by atoms with E-state index in [1.54, 1.807) is 30.7 Å². The third-order valence-corrected chi connectivity index (χ3v) is 4.61. The van der Waals surface area contributed by atoms with Gasteiger partial charge in [-0.1, -0.05) is 12.1 Å². The number of aromatic nitrogens is 6. The first kappa shape index (κ1) is 17.8. The summed E-state index contributed by atoms with van der Waals surface area (Å²) in [6, 6.07) is 7.59. The fourth-order valence-corrected chi connectivity index (χ4v) is 3.13. The molecule has 1 saturated carbocycles. The molecular weight excluding hydrogens is 364 g/mol. The molecule has 144 valence electrons. The Hall–Kier alpha value is -3.63. The molecule has 1 aromatic carbocycles. The number of nitro groups is 1. The van der Waals surface area contributed by atoms with Gasteiger partial charge in [0.25, 0.3) is 0 Å². The molecule has 11 nitrogen and oxygen atoms in total. The van der Waals surface area contributed by atoms with E-state index in [1.807, 2.05) is 12.1 Å². The van der Waals surface area contributed by atoms with Crippen molar-refractivity contribution >= 4 is 17.3 Å². The molecule has 2 heterocycles. The lowest BCUT2D eigenvalue weighted by atomic mass is 10.2. The molecule has 4 rings (SSSR count). The first-order chi connectivity index (χ1) is 13.4. The highest BCUT2D eigenvalue weighted by Crippen LogP contribution is 2.36. The van der Waals surface area contributed by atoms with Crippen molar-refractivity contribution < 1.29 is 9.72 Å². The molecule has 1 aliphatic carbocycles. The van der Waals surface area contributed by atoms with E-state index in [2.05, 4.69) is 25.9 Å². The van der Waals surface area contributed by atoms with Gasteiger partial charge in [-0.05, 0) is 49.2 Å². The summed E-state index contributed by atoms with van der Waals surface area (Å²) in [6.45, 7) is 3.00. The summed E-state index contributed by atoms with van der Waals surface area (Å²) in [5.74, 6) is 0.326. The number of aryl methyl sites for hydroxylation is 1. The first-order valence-corrected chi connectivity index (χ1v) is 8.80. The van der Waals surface area contributed by atoms with Crippen molar-refractivity contribution in [1.29, 1.82) is 0 Å². The highest BCUT2D eigenvalue weighted by molar-refractivity contribution is 5.91. The number of tetrazole rings is 1. The Labute approximate surface area is 159 Å². The van der Waals surface area contributed by atoms with Crippen molar-refractivity contribution in [1.82, 2.24) is 30.0 Å². The lowest BCUT2D eigenvalue weighted by Gasteiger charge is -2.08. The van der Waals surface area contributed by atoms with Crippen LogP contribution in [0.3, 0.4) is 0 Å². The van der Waals surface area contributed by atoms with Crippen molar-refractivity contribution in [3.05, 3.63) is 45.8 Å². The Bertz CT molecular complexity index is 1070. The summed E-state index contributed by atoms with van der Waals surface area (Å²) in [5.41, 5.74) is 1.95. The summed E-state index contributed by atoms with van der Waals surface area (Å²) in [5, 5.41) is 29.9. The van der Waals surface area contributed by atoms with E-state index in [0.29, 0.717) is 23.2 Å². The van der Waals surface area contributed by atoms with E-state index in [9.17, 15) is 14.9 Å². The number of nitrogens with zero attached hydrogens (tertiary/aromatic N) is 7. The Morgan fingerprint density at radius 1 is 1.36 bits per heavy atom. The van der Waals surface area contributed by atoms with Crippen molar-refractivity contribution in [2.45, 2.75) is 39.3 Å². The van der Waals surface area contributed by atoms with Crippen LogP contribution in [0.15, 0.2) is 24.3 Å². The zero-order valence-electron chi connectivity index (χ0n) is 15.4. The quantitative estimate of drug-likeness (QED) is 0.509. The first-order valence-electron chi connectivity index (χ1n) is 8.80. The van der Waals surface area contributed by atoms with E-state index >= 15 is 0 Å². The Balaban J connectivity index is 1.50. The second kappa shape index (κ2) is 6.83. The third-order valence-electron chi connectivity index (χ3n) is 4.61. The van der Waals surface area contributed by atoms with Crippen LogP contribution in [-0.2, 0) is 11.3 Å². The monoisotopic (exact) mass is 382 g/mol. The molecule has 0 atom stereocenters. The van der Waals surface area contributed by atoms with E-state index in [1.165, 1.54) is 4.68 Å². The van der Waals surface area contributed by atoms with Gasteiger partial charge in [0.2, 0.25) is 5.91 Å². The highest BCUT2D eigenvalue weighted by atomic mass is 16.6. The molecule has 2 aromatic heterocycles. The third kappa shape index (κ3) is 3.33. The van der Waals surface area contributed by atoms with Gasteiger partial charge in [-0.25, -0.2) is 4.68 Å². The summed E-state index contributed by atoms with van der Waals surface area (Å²) in [6.07, 6.45) is 2.12. The van der Waals surface area contributed by atoms with Crippen LogP contribution in [0.5, 0.6) is 0 Å². The molecule has 0 spiro atoms. The van der Waals surface area contributed by atoms with Gasteiger partial charge >= 0.3 is 5.69 Å². The minimum atomic E-state index is -0.487. The molecule has 0 aliphatic heterocycles. The van der Waals surface area contributed by atoms with Gasteiger partial charge in [0.05, 0.1) is 11.0 Å².